The average Bonchev–Trinajstić information content (AvgIpc) is 3.49. The standard InChI is InChI=1S/C23H26N8OS/c1-15-9-11-16(12-10-15)25-22-27-19(26-21(24)28-22)14-33-23-30-29-20(18-8-5-13-32-18)31(23)17-6-3-2-4-7-17/h5,8-13,17H,2-4,6-7,14H2,1H3,(H3,24,25,26,27,28). The number of benzene rings is 1. The summed E-state index contributed by atoms with van der Waals surface area (Å²) < 4.78 is 7.85. The first-order valence-corrected chi connectivity index (χ1v) is 12.1. The molecule has 0 saturated heterocycles. The van der Waals surface area contributed by atoms with Gasteiger partial charge in [-0.1, -0.05) is 48.7 Å². The van der Waals surface area contributed by atoms with Crippen molar-refractivity contribution < 1.29 is 4.42 Å². The number of anilines is 3. The molecule has 0 atom stereocenters. The zero-order valence-corrected chi connectivity index (χ0v) is 19.3. The Bertz CT molecular complexity index is 1200. The predicted octanol–water partition coefficient (Wildman–Crippen LogP) is 5.15. The van der Waals surface area contributed by atoms with E-state index in [2.05, 4.69) is 35.0 Å². The van der Waals surface area contributed by atoms with Crippen LogP contribution in [0, 0.1) is 6.92 Å². The van der Waals surface area contributed by atoms with Crippen molar-refractivity contribution in [3.8, 4) is 11.6 Å². The first-order valence-electron chi connectivity index (χ1n) is 11.1. The van der Waals surface area contributed by atoms with Crippen LogP contribution in [0.2, 0.25) is 0 Å². The van der Waals surface area contributed by atoms with Gasteiger partial charge < -0.3 is 15.5 Å². The lowest BCUT2D eigenvalue weighted by Gasteiger charge is -2.25. The molecule has 1 aliphatic rings. The molecule has 33 heavy (non-hydrogen) atoms. The highest BCUT2D eigenvalue weighted by Gasteiger charge is 2.25. The fourth-order valence-corrected chi connectivity index (χ4v) is 4.93. The number of furan rings is 1. The molecule has 4 aromatic rings. The van der Waals surface area contributed by atoms with Crippen molar-refractivity contribution in [1.82, 2.24) is 29.7 Å². The van der Waals surface area contributed by atoms with Crippen molar-refractivity contribution >= 4 is 29.3 Å². The molecule has 1 fully saturated rings. The molecule has 1 aromatic carbocycles. The number of hydrogen-bond acceptors (Lipinski definition) is 9. The molecule has 3 heterocycles. The summed E-state index contributed by atoms with van der Waals surface area (Å²) in [6, 6.07) is 12.2. The lowest BCUT2D eigenvalue weighted by Crippen LogP contribution is -2.15. The zero-order valence-electron chi connectivity index (χ0n) is 18.4. The second kappa shape index (κ2) is 9.62. The smallest absolute Gasteiger partial charge is 0.232 e. The molecule has 3 aromatic heterocycles. The summed E-state index contributed by atoms with van der Waals surface area (Å²) in [5.41, 5.74) is 8.04. The van der Waals surface area contributed by atoms with Crippen molar-refractivity contribution in [2.75, 3.05) is 11.1 Å². The zero-order chi connectivity index (χ0) is 22.6. The Balaban J connectivity index is 1.37. The van der Waals surface area contributed by atoms with Crippen LogP contribution in [0.5, 0.6) is 0 Å². The summed E-state index contributed by atoms with van der Waals surface area (Å²) in [5.74, 6) is 3.19. The number of rotatable bonds is 7. The summed E-state index contributed by atoms with van der Waals surface area (Å²) in [5, 5.41) is 13.0. The molecule has 0 unspecified atom stereocenters. The fourth-order valence-electron chi connectivity index (χ4n) is 4.07. The van der Waals surface area contributed by atoms with Gasteiger partial charge in [-0.2, -0.15) is 15.0 Å². The Morgan fingerprint density at radius 2 is 1.88 bits per heavy atom. The van der Waals surface area contributed by atoms with Crippen LogP contribution < -0.4 is 11.1 Å². The van der Waals surface area contributed by atoms with Crippen molar-refractivity contribution in [3.05, 3.63) is 54.0 Å². The van der Waals surface area contributed by atoms with E-state index in [9.17, 15) is 0 Å². The van der Waals surface area contributed by atoms with E-state index in [1.54, 1.807) is 18.0 Å². The average molecular weight is 463 g/mol. The molecule has 9 nitrogen and oxygen atoms in total. The molecule has 1 saturated carbocycles. The van der Waals surface area contributed by atoms with Crippen LogP contribution in [0.3, 0.4) is 0 Å². The lowest BCUT2D eigenvalue weighted by molar-refractivity contribution is 0.337. The van der Waals surface area contributed by atoms with Crippen LogP contribution in [-0.4, -0.2) is 29.7 Å². The first-order chi connectivity index (χ1) is 16.2. The summed E-state index contributed by atoms with van der Waals surface area (Å²) in [4.78, 5) is 13.1. The number of nitrogens with zero attached hydrogens (tertiary/aromatic N) is 6. The van der Waals surface area contributed by atoms with Crippen molar-refractivity contribution in [2.24, 2.45) is 0 Å². The van der Waals surface area contributed by atoms with Gasteiger partial charge >= 0.3 is 0 Å². The highest BCUT2D eigenvalue weighted by Crippen LogP contribution is 2.36. The predicted molar refractivity (Wildman–Crippen MR) is 128 cm³/mol. The Morgan fingerprint density at radius 3 is 2.64 bits per heavy atom. The Morgan fingerprint density at radius 1 is 1.06 bits per heavy atom. The van der Waals surface area contributed by atoms with Crippen LogP contribution in [0.25, 0.3) is 11.6 Å². The number of nitrogen functional groups attached to an aromatic ring is 1. The fraction of sp³-hybridized carbons (Fsp3) is 0.348. The molecule has 0 amide bonds. The molecule has 0 radical (unpaired) electrons. The van der Waals surface area contributed by atoms with Gasteiger partial charge in [0.2, 0.25) is 17.7 Å². The number of aryl methyl sites for hydroxylation is 1. The van der Waals surface area contributed by atoms with Gasteiger partial charge in [0.1, 0.15) is 5.82 Å². The van der Waals surface area contributed by atoms with Gasteiger partial charge in [0.15, 0.2) is 10.9 Å². The van der Waals surface area contributed by atoms with E-state index in [-0.39, 0.29) is 5.95 Å². The highest BCUT2D eigenvalue weighted by molar-refractivity contribution is 7.98. The molecular formula is C23H26N8OS. The van der Waals surface area contributed by atoms with E-state index in [1.807, 2.05) is 43.3 Å². The third-order valence-corrected chi connectivity index (χ3v) is 6.62. The minimum atomic E-state index is 0.181. The molecular weight excluding hydrogens is 436 g/mol. The van der Waals surface area contributed by atoms with Crippen molar-refractivity contribution in [2.45, 2.75) is 56.0 Å². The van der Waals surface area contributed by atoms with E-state index < -0.39 is 0 Å². The van der Waals surface area contributed by atoms with Gasteiger partial charge in [-0.25, -0.2) is 0 Å². The Labute approximate surface area is 196 Å². The van der Waals surface area contributed by atoms with Crippen LogP contribution in [0.4, 0.5) is 17.6 Å². The maximum Gasteiger partial charge on any atom is 0.232 e. The van der Waals surface area contributed by atoms with E-state index >= 15 is 0 Å². The van der Waals surface area contributed by atoms with E-state index in [1.165, 1.54) is 24.8 Å². The molecule has 0 bridgehead atoms. The third-order valence-electron chi connectivity index (χ3n) is 5.68. The summed E-state index contributed by atoms with van der Waals surface area (Å²) >= 11 is 1.55. The summed E-state index contributed by atoms with van der Waals surface area (Å²) in [6.45, 7) is 2.05. The van der Waals surface area contributed by atoms with Crippen LogP contribution in [0.15, 0.2) is 52.2 Å². The van der Waals surface area contributed by atoms with Gasteiger partial charge in [0.25, 0.3) is 0 Å². The van der Waals surface area contributed by atoms with E-state index in [0.717, 1.165) is 35.3 Å². The molecule has 170 valence electrons. The van der Waals surface area contributed by atoms with Gasteiger partial charge in [-0.3, -0.25) is 4.57 Å². The molecule has 10 heteroatoms. The summed E-state index contributed by atoms with van der Waals surface area (Å²) in [7, 11) is 0. The van der Waals surface area contributed by atoms with E-state index in [4.69, 9.17) is 10.2 Å². The van der Waals surface area contributed by atoms with Gasteiger partial charge in [-0.15, -0.1) is 10.2 Å². The lowest BCUT2D eigenvalue weighted by atomic mass is 9.95. The molecule has 1 aliphatic carbocycles. The topological polar surface area (TPSA) is 121 Å². The third kappa shape index (κ3) is 5.00. The molecule has 3 N–H and O–H groups in total. The van der Waals surface area contributed by atoms with Crippen LogP contribution in [-0.2, 0) is 5.75 Å². The van der Waals surface area contributed by atoms with Crippen LogP contribution in [0.1, 0.15) is 49.5 Å². The van der Waals surface area contributed by atoms with Gasteiger partial charge in [0, 0.05) is 11.7 Å². The van der Waals surface area contributed by atoms with Crippen LogP contribution >= 0.6 is 11.8 Å². The van der Waals surface area contributed by atoms with Crippen molar-refractivity contribution in [3.63, 3.8) is 0 Å². The second-order valence-electron chi connectivity index (χ2n) is 8.16. The summed E-state index contributed by atoms with van der Waals surface area (Å²) in [6.07, 6.45) is 7.59. The van der Waals surface area contributed by atoms with Gasteiger partial charge in [0.05, 0.1) is 12.0 Å². The normalized spacial score (nSPS) is 14.5. The number of hydrogen-bond donors (Lipinski definition) is 2. The number of thioether (sulfide) groups is 1. The van der Waals surface area contributed by atoms with Gasteiger partial charge in [-0.05, 0) is 44.0 Å². The maximum absolute atomic E-state index is 5.96. The first kappa shape index (κ1) is 21.4. The molecule has 0 spiro atoms. The largest absolute Gasteiger partial charge is 0.461 e. The number of nitrogens with two attached hydrogens (primary N) is 1. The number of nitrogens with one attached hydrogen (secondary N) is 1. The SMILES string of the molecule is Cc1ccc(Nc2nc(N)nc(CSc3nnc(-c4ccco4)n3C3CCCCC3)n2)cc1. The van der Waals surface area contributed by atoms with Crippen molar-refractivity contribution in [1.29, 1.82) is 0 Å². The maximum atomic E-state index is 5.96. The minimum absolute atomic E-state index is 0.181. The monoisotopic (exact) mass is 462 g/mol. The minimum Gasteiger partial charge on any atom is -0.461 e. The Kier molecular flexibility index (Phi) is 6.25. The quantitative estimate of drug-likeness (QED) is 0.359. The van der Waals surface area contributed by atoms with E-state index in [0.29, 0.717) is 23.6 Å². The highest BCUT2D eigenvalue weighted by atomic mass is 32.2. The molecule has 0 aliphatic heterocycles. The number of aromatic nitrogens is 6. The second-order valence-corrected chi connectivity index (χ2v) is 9.10. The Hall–Kier alpha value is -3.40. The molecule has 5 rings (SSSR count).